The van der Waals surface area contributed by atoms with Gasteiger partial charge >= 0.3 is 6.03 Å². The SMILES string of the molecule is CCC1CCCN(C(=O)Nc2ccc(C(C)=O)cc2)CC1. The molecule has 0 bridgehead atoms. The molecule has 114 valence electrons. The molecule has 2 amide bonds. The van der Waals surface area contributed by atoms with E-state index in [-0.39, 0.29) is 11.8 Å². The van der Waals surface area contributed by atoms with Crippen molar-refractivity contribution in [3.63, 3.8) is 0 Å². The van der Waals surface area contributed by atoms with Crippen molar-refractivity contribution in [1.29, 1.82) is 0 Å². The maximum atomic E-state index is 12.3. The minimum absolute atomic E-state index is 0.0333. The van der Waals surface area contributed by atoms with Crippen LogP contribution in [0.15, 0.2) is 24.3 Å². The molecular weight excluding hydrogens is 264 g/mol. The predicted octanol–water partition coefficient (Wildman–Crippen LogP) is 3.93. The zero-order chi connectivity index (χ0) is 15.2. The molecule has 1 atom stereocenters. The minimum Gasteiger partial charge on any atom is -0.325 e. The Kier molecular flexibility index (Phi) is 5.37. The Morgan fingerprint density at radius 1 is 1.19 bits per heavy atom. The molecule has 0 radical (unpaired) electrons. The Hall–Kier alpha value is -1.84. The molecule has 1 unspecified atom stereocenters. The van der Waals surface area contributed by atoms with Crippen molar-refractivity contribution in [1.82, 2.24) is 4.90 Å². The van der Waals surface area contributed by atoms with Crippen LogP contribution in [-0.2, 0) is 0 Å². The predicted molar refractivity (Wildman–Crippen MR) is 84.7 cm³/mol. The quantitative estimate of drug-likeness (QED) is 0.857. The lowest BCUT2D eigenvalue weighted by Crippen LogP contribution is -2.35. The number of nitrogens with one attached hydrogen (secondary N) is 1. The van der Waals surface area contributed by atoms with E-state index in [4.69, 9.17) is 0 Å². The van der Waals surface area contributed by atoms with Crippen LogP contribution in [0.4, 0.5) is 10.5 Å². The monoisotopic (exact) mass is 288 g/mol. The van der Waals surface area contributed by atoms with Crippen LogP contribution in [0.1, 0.15) is 49.9 Å². The first-order valence-corrected chi connectivity index (χ1v) is 7.77. The third-order valence-corrected chi connectivity index (χ3v) is 4.25. The molecular formula is C17H24N2O2. The van der Waals surface area contributed by atoms with Crippen molar-refractivity contribution in [2.45, 2.75) is 39.5 Å². The van der Waals surface area contributed by atoms with E-state index >= 15 is 0 Å². The van der Waals surface area contributed by atoms with Gasteiger partial charge in [-0.25, -0.2) is 4.79 Å². The highest BCUT2D eigenvalue weighted by Gasteiger charge is 2.19. The number of benzene rings is 1. The summed E-state index contributed by atoms with van der Waals surface area (Å²) in [5, 5.41) is 2.91. The summed E-state index contributed by atoms with van der Waals surface area (Å²) in [6, 6.07) is 7.01. The average molecular weight is 288 g/mol. The maximum absolute atomic E-state index is 12.3. The molecule has 1 aromatic rings. The Labute approximate surface area is 126 Å². The summed E-state index contributed by atoms with van der Waals surface area (Å²) in [7, 11) is 0. The molecule has 21 heavy (non-hydrogen) atoms. The normalized spacial score (nSPS) is 19.0. The van der Waals surface area contributed by atoms with E-state index in [2.05, 4.69) is 12.2 Å². The van der Waals surface area contributed by atoms with Crippen LogP contribution in [-0.4, -0.2) is 29.8 Å². The van der Waals surface area contributed by atoms with Crippen LogP contribution < -0.4 is 5.32 Å². The number of urea groups is 1. The summed E-state index contributed by atoms with van der Waals surface area (Å²) < 4.78 is 0. The van der Waals surface area contributed by atoms with Crippen molar-refractivity contribution in [3.05, 3.63) is 29.8 Å². The number of ketones is 1. The molecule has 4 nitrogen and oxygen atoms in total. The summed E-state index contributed by atoms with van der Waals surface area (Å²) in [5.74, 6) is 0.781. The largest absolute Gasteiger partial charge is 0.325 e. The van der Waals surface area contributed by atoms with E-state index in [1.807, 2.05) is 4.90 Å². The first-order chi connectivity index (χ1) is 10.1. The molecule has 0 saturated carbocycles. The summed E-state index contributed by atoms with van der Waals surface area (Å²) >= 11 is 0. The van der Waals surface area contributed by atoms with Crippen LogP contribution >= 0.6 is 0 Å². The van der Waals surface area contributed by atoms with Gasteiger partial charge in [-0.15, -0.1) is 0 Å². The number of rotatable bonds is 3. The van der Waals surface area contributed by atoms with Crippen LogP contribution in [0.3, 0.4) is 0 Å². The smallest absolute Gasteiger partial charge is 0.321 e. The molecule has 2 rings (SSSR count). The summed E-state index contributed by atoms with van der Waals surface area (Å²) in [6.07, 6.45) is 4.58. The molecule has 4 heteroatoms. The van der Waals surface area contributed by atoms with Crippen molar-refractivity contribution < 1.29 is 9.59 Å². The number of anilines is 1. The third kappa shape index (κ3) is 4.31. The van der Waals surface area contributed by atoms with E-state index in [1.54, 1.807) is 24.3 Å². The molecule has 1 heterocycles. The van der Waals surface area contributed by atoms with E-state index in [0.717, 1.165) is 37.5 Å². The summed E-state index contributed by atoms with van der Waals surface area (Å²) in [5.41, 5.74) is 1.40. The standard InChI is InChI=1S/C17H24N2O2/c1-3-14-5-4-11-19(12-10-14)17(21)18-16-8-6-15(7-9-16)13(2)20/h6-9,14H,3-5,10-12H2,1-2H3,(H,18,21). The van der Waals surface area contributed by atoms with Crippen LogP contribution in [0.25, 0.3) is 0 Å². The highest BCUT2D eigenvalue weighted by Crippen LogP contribution is 2.21. The number of carbonyl (C=O) groups is 2. The third-order valence-electron chi connectivity index (χ3n) is 4.25. The highest BCUT2D eigenvalue weighted by atomic mass is 16.2. The van der Waals surface area contributed by atoms with Crippen molar-refractivity contribution >= 4 is 17.5 Å². The van der Waals surface area contributed by atoms with Gasteiger partial charge in [-0.2, -0.15) is 0 Å². The molecule has 0 aromatic heterocycles. The first-order valence-electron chi connectivity index (χ1n) is 7.77. The Morgan fingerprint density at radius 2 is 1.90 bits per heavy atom. The molecule has 1 saturated heterocycles. The van der Waals surface area contributed by atoms with E-state index in [0.29, 0.717) is 5.56 Å². The van der Waals surface area contributed by atoms with Crippen LogP contribution in [0.5, 0.6) is 0 Å². The fourth-order valence-corrected chi connectivity index (χ4v) is 2.77. The second kappa shape index (κ2) is 7.25. The van der Waals surface area contributed by atoms with Gasteiger partial charge in [0.25, 0.3) is 0 Å². The van der Waals surface area contributed by atoms with E-state index < -0.39 is 0 Å². The molecule has 1 aliphatic rings. The van der Waals surface area contributed by atoms with Gasteiger partial charge in [-0.1, -0.05) is 13.3 Å². The van der Waals surface area contributed by atoms with E-state index in [9.17, 15) is 9.59 Å². The van der Waals surface area contributed by atoms with Gasteiger partial charge < -0.3 is 10.2 Å². The second-order valence-corrected chi connectivity index (χ2v) is 5.76. The molecule has 1 aliphatic heterocycles. The number of likely N-dealkylation sites (tertiary alicyclic amines) is 1. The fraction of sp³-hybridized carbons (Fsp3) is 0.529. The average Bonchev–Trinajstić information content (AvgIpc) is 2.73. The topological polar surface area (TPSA) is 49.4 Å². The number of amides is 2. The Morgan fingerprint density at radius 3 is 2.52 bits per heavy atom. The van der Waals surface area contributed by atoms with E-state index in [1.165, 1.54) is 19.8 Å². The van der Waals surface area contributed by atoms with Gasteiger partial charge in [0.1, 0.15) is 0 Å². The van der Waals surface area contributed by atoms with Gasteiger partial charge in [0.05, 0.1) is 0 Å². The van der Waals surface area contributed by atoms with Gasteiger partial charge in [-0.3, -0.25) is 4.79 Å². The number of hydrogen-bond donors (Lipinski definition) is 1. The number of Topliss-reactive ketones (excluding diaryl/α,β-unsaturated/α-hetero) is 1. The highest BCUT2D eigenvalue weighted by molar-refractivity contribution is 5.95. The van der Waals surface area contributed by atoms with Crippen molar-refractivity contribution in [2.75, 3.05) is 18.4 Å². The number of carbonyl (C=O) groups excluding carboxylic acids is 2. The van der Waals surface area contributed by atoms with Gasteiger partial charge in [-0.05, 0) is 56.4 Å². The molecule has 0 aliphatic carbocycles. The Balaban J connectivity index is 1.93. The molecule has 1 fully saturated rings. The zero-order valence-electron chi connectivity index (χ0n) is 12.9. The van der Waals surface area contributed by atoms with Crippen LogP contribution in [0, 0.1) is 5.92 Å². The van der Waals surface area contributed by atoms with Gasteiger partial charge in [0.2, 0.25) is 0 Å². The lowest BCUT2D eigenvalue weighted by atomic mass is 9.98. The zero-order valence-corrected chi connectivity index (χ0v) is 12.9. The lowest BCUT2D eigenvalue weighted by molar-refractivity contribution is 0.101. The molecule has 0 spiro atoms. The minimum atomic E-state index is -0.0395. The fourth-order valence-electron chi connectivity index (χ4n) is 2.77. The lowest BCUT2D eigenvalue weighted by Gasteiger charge is -2.21. The van der Waals surface area contributed by atoms with Crippen molar-refractivity contribution in [2.24, 2.45) is 5.92 Å². The summed E-state index contributed by atoms with van der Waals surface area (Å²) in [4.78, 5) is 25.4. The molecule has 1 aromatic carbocycles. The maximum Gasteiger partial charge on any atom is 0.321 e. The molecule has 1 N–H and O–H groups in total. The second-order valence-electron chi connectivity index (χ2n) is 5.76. The van der Waals surface area contributed by atoms with Crippen LogP contribution in [0.2, 0.25) is 0 Å². The summed E-state index contributed by atoms with van der Waals surface area (Å²) in [6.45, 7) is 5.41. The number of nitrogens with zero attached hydrogens (tertiary/aromatic N) is 1. The van der Waals surface area contributed by atoms with Crippen molar-refractivity contribution in [3.8, 4) is 0 Å². The first kappa shape index (κ1) is 15.5. The van der Waals surface area contributed by atoms with Gasteiger partial charge in [0.15, 0.2) is 5.78 Å². The van der Waals surface area contributed by atoms with Gasteiger partial charge in [0, 0.05) is 24.3 Å². The number of hydrogen-bond acceptors (Lipinski definition) is 2. The Bertz CT molecular complexity index is 496.